The van der Waals surface area contributed by atoms with Crippen molar-refractivity contribution in [3.63, 3.8) is 0 Å². The molecule has 4 nitrogen and oxygen atoms in total. The van der Waals surface area contributed by atoms with Crippen LogP contribution < -0.4 is 4.74 Å². The highest BCUT2D eigenvalue weighted by Gasteiger charge is 2.10. The number of ether oxygens (including phenoxy) is 2. The molecule has 0 fully saturated rings. The van der Waals surface area contributed by atoms with Crippen LogP contribution in [0.25, 0.3) is 0 Å². The fraction of sp³-hybridized carbons (Fsp3) is 0.364. The van der Waals surface area contributed by atoms with Gasteiger partial charge >= 0.3 is 12.6 Å². The molecule has 0 aliphatic heterocycles. The van der Waals surface area contributed by atoms with E-state index in [1.165, 1.54) is 25.3 Å². The first-order valence-corrected chi connectivity index (χ1v) is 4.86. The van der Waals surface area contributed by atoms with Gasteiger partial charge in [-0.2, -0.15) is 8.78 Å². The van der Waals surface area contributed by atoms with E-state index in [-0.39, 0.29) is 23.9 Å². The van der Waals surface area contributed by atoms with Crippen molar-refractivity contribution in [2.45, 2.75) is 19.5 Å². The highest BCUT2D eigenvalue weighted by molar-refractivity contribution is 5.69. The lowest BCUT2D eigenvalue weighted by Gasteiger charge is -2.08. The van der Waals surface area contributed by atoms with Crippen molar-refractivity contribution in [3.8, 4) is 11.5 Å². The quantitative estimate of drug-likeness (QED) is 0.808. The zero-order valence-electron chi connectivity index (χ0n) is 9.15. The Bertz CT molecular complexity index is 393. The van der Waals surface area contributed by atoms with E-state index in [0.717, 1.165) is 0 Å². The topological polar surface area (TPSA) is 55.8 Å². The Balaban J connectivity index is 2.65. The van der Waals surface area contributed by atoms with Gasteiger partial charge in [0, 0.05) is 6.42 Å². The Kier molecular flexibility index (Phi) is 4.68. The van der Waals surface area contributed by atoms with Crippen LogP contribution in [0.2, 0.25) is 0 Å². The van der Waals surface area contributed by atoms with Crippen LogP contribution in [0, 0.1) is 0 Å². The van der Waals surface area contributed by atoms with Gasteiger partial charge in [0.25, 0.3) is 0 Å². The molecule has 94 valence electrons. The number of phenolic OH excluding ortho intramolecular Hbond substituents is 1. The second-order valence-corrected chi connectivity index (χ2v) is 3.26. The van der Waals surface area contributed by atoms with Crippen molar-refractivity contribution in [3.05, 3.63) is 23.8 Å². The molecule has 1 rings (SSSR count). The van der Waals surface area contributed by atoms with Gasteiger partial charge in [0.15, 0.2) is 11.5 Å². The first-order valence-electron chi connectivity index (χ1n) is 4.86. The largest absolute Gasteiger partial charge is 0.504 e. The monoisotopic (exact) mass is 246 g/mol. The number of esters is 1. The van der Waals surface area contributed by atoms with Crippen LogP contribution in [-0.4, -0.2) is 24.8 Å². The molecule has 0 heterocycles. The lowest BCUT2D eigenvalue weighted by atomic mass is 10.1. The first-order chi connectivity index (χ1) is 8.02. The van der Waals surface area contributed by atoms with Gasteiger partial charge in [0.2, 0.25) is 0 Å². The third-order valence-electron chi connectivity index (χ3n) is 2.08. The molecule has 0 amide bonds. The SMILES string of the molecule is COC(=O)CCc1ccc(OC(F)F)c(O)c1. The van der Waals surface area contributed by atoms with Crippen LogP contribution in [0.1, 0.15) is 12.0 Å². The van der Waals surface area contributed by atoms with Crippen LogP contribution in [0.5, 0.6) is 11.5 Å². The van der Waals surface area contributed by atoms with Gasteiger partial charge in [-0.1, -0.05) is 6.07 Å². The minimum Gasteiger partial charge on any atom is -0.504 e. The Morgan fingerprint density at radius 2 is 2.18 bits per heavy atom. The van der Waals surface area contributed by atoms with E-state index in [9.17, 15) is 18.7 Å². The maximum absolute atomic E-state index is 11.9. The standard InChI is InChI=1S/C11H12F2O4/c1-16-10(15)5-3-7-2-4-9(8(14)6-7)17-11(12)13/h2,4,6,11,14H,3,5H2,1H3. The number of carbonyl (C=O) groups excluding carboxylic acids is 1. The molecule has 0 aromatic heterocycles. The summed E-state index contributed by atoms with van der Waals surface area (Å²) in [6.45, 7) is -2.98. The number of hydrogen-bond acceptors (Lipinski definition) is 4. The lowest BCUT2D eigenvalue weighted by Crippen LogP contribution is -2.03. The van der Waals surface area contributed by atoms with Gasteiger partial charge in [-0.3, -0.25) is 4.79 Å². The number of benzene rings is 1. The third-order valence-corrected chi connectivity index (χ3v) is 2.08. The van der Waals surface area contributed by atoms with Gasteiger partial charge < -0.3 is 14.6 Å². The summed E-state index contributed by atoms with van der Waals surface area (Å²) in [5.74, 6) is -1.05. The number of phenols is 1. The molecular weight excluding hydrogens is 234 g/mol. The maximum Gasteiger partial charge on any atom is 0.387 e. The Morgan fingerprint density at radius 1 is 1.47 bits per heavy atom. The molecule has 17 heavy (non-hydrogen) atoms. The fourth-order valence-electron chi connectivity index (χ4n) is 1.26. The molecule has 0 aliphatic carbocycles. The predicted molar refractivity (Wildman–Crippen MR) is 55.1 cm³/mol. The predicted octanol–water partition coefficient (Wildman–Crippen LogP) is 2.10. The van der Waals surface area contributed by atoms with Gasteiger partial charge in [0.1, 0.15) is 0 Å². The summed E-state index contributed by atoms with van der Waals surface area (Å²) in [6, 6.07) is 4.01. The minimum absolute atomic E-state index is 0.158. The number of aryl methyl sites for hydroxylation is 1. The van der Waals surface area contributed by atoms with Crippen LogP contribution in [0.4, 0.5) is 8.78 Å². The molecule has 1 aromatic carbocycles. The van der Waals surface area contributed by atoms with Crippen molar-refractivity contribution in [1.82, 2.24) is 0 Å². The molecule has 0 unspecified atom stereocenters. The smallest absolute Gasteiger partial charge is 0.387 e. The molecule has 0 bridgehead atoms. The molecule has 0 saturated heterocycles. The summed E-state index contributed by atoms with van der Waals surface area (Å²) >= 11 is 0. The molecule has 0 radical (unpaired) electrons. The van der Waals surface area contributed by atoms with Crippen LogP contribution in [0.3, 0.4) is 0 Å². The number of halogens is 2. The second kappa shape index (κ2) is 6.03. The summed E-state index contributed by atoms with van der Waals surface area (Å²) < 4.78 is 32.3. The average Bonchev–Trinajstić information content (AvgIpc) is 2.28. The van der Waals surface area contributed by atoms with E-state index in [0.29, 0.717) is 12.0 Å². The molecule has 6 heteroatoms. The summed E-state index contributed by atoms with van der Waals surface area (Å²) in [7, 11) is 1.28. The van der Waals surface area contributed by atoms with E-state index in [1.54, 1.807) is 0 Å². The van der Waals surface area contributed by atoms with Crippen molar-refractivity contribution in [1.29, 1.82) is 0 Å². The molecule has 1 N–H and O–H groups in total. The maximum atomic E-state index is 11.9. The van der Waals surface area contributed by atoms with Gasteiger partial charge in [0.05, 0.1) is 7.11 Å². The van der Waals surface area contributed by atoms with E-state index >= 15 is 0 Å². The number of aromatic hydroxyl groups is 1. The van der Waals surface area contributed by atoms with E-state index in [1.807, 2.05) is 0 Å². The van der Waals surface area contributed by atoms with Crippen molar-refractivity contribution < 1.29 is 28.2 Å². The van der Waals surface area contributed by atoms with E-state index in [2.05, 4.69) is 9.47 Å². The highest BCUT2D eigenvalue weighted by atomic mass is 19.3. The summed E-state index contributed by atoms with van der Waals surface area (Å²) in [6.07, 6.45) is 0.514. The summed E-state index contributed by atoms with van der Waals surface area (Å²) in [4.78, 5) is 10.9. The number of rotatable bonds is 5. The van der Waals surface area contributed by atoms with Gasteiger partial charge in [-0.05, 0) is 24.1 Å². The molecule has 0 saturated carbocycles. The first kappa shape index (κ1) is 13.2. The zero-order valence-corrected chi connectivity index (χ0v) is 9.15. The number of alkyl halides is 2. The zero-order chi connectivity index (χ0) is 12.8. The Morgan fingerprint density at radius 3 is 2.71 bits per heavy atom. The highest BCUT2D eigenvalue weighted by Crippen LogP contribution is 2.28. The summed E-state index contributed by atoms with van der Waals surface area (Å²) in [5, 5.41) is 9.39. The van der Waals surface area contributed by atoms with Crippen molar-refractivity contribution in [2.24, 2.45) is 0 Å². The molecule has 0 spiro atoms. The second-order valence-electron chi connectivity index (χ2n) is 3.26. The Labute approximate surface area is 96.8 Å². The van der Waals surface area contributed by atoms with Crippen molar-refractivity contribution in [2.75, 3.05) is 7.11 Å². The van der Waals surface area contributed by atoms with E-state index < -0.39 is 6.61 Å². The van der Waals surface area contributed by atoms with E-state index in [4.69, 9.17) is 0 Å². The van der Waals surface area contributed by atoms with Crippen LogP contribution in [-0.2, 0) is 16.0 Å². The van der Waals surface area contributed by atoms with Crippen LogP contribution in [0.15, 0.2) is 18.2 Å². The normalized spacial score (nSPS) is 10.4. The van der Waals surface area contributed by atoms with Gasteiger partial charge in [-0.15, -0.1) is 0 Å². The molecule has 0 atom stereocenters. The van der Waals surface area contributed by atoms with Gasteiger partial charge in [-0.25, -0.2) is 0 Å². The fourth-order valence-corrected chi connectivity index (χ4v) is 1.26. The molecule has 0 aliphatic rings. The third kappa shape index (κ3) is 4.26. The number of carbonyl (C=O) groups is 1. The number of hydrogen-bond donors (Lipinski definition) is 1. The molecular formula is C11H12F2O4. The molecule has 1 aromatic rings. The summed E-state index contributed by atoms with van der Waals surface area (Å²) in [5.41, 5.74) is 0.634. The van der Waals surface area contributed by atoms with Crippen LogP contribution >= 0.6 is 0 Å². The average molecular weight is 246 g/mol. The van der Waals surface area contributed by atoms with Crippen molar-refractivity contribution >= 4 is 5.97 Å². The number of methoxy groups -OCH3 is 1. The minimum atomic E-state index is -2.98. The lowest BCUT2D eigenvalue weighted by molar-refractivity contribution is -0.140. The Hall–Kier alpha value is -1.85.